The van der Waals surface area contributed by atoms with Crippen LogP contribution < -0.4 is 5.46 Å². The van der Waals surface area contributed by atoms with Crippen LogP contribution in [0.2, 0.25) is 10.0 Å². The Bertz CT molecular complexity index is 5260. The first-order chi connectivity index (χ1) is 40.9. The molecule has 84 heavy (non-hydrogen) atoms. The highest BCUT2D eigenvalue weighted by atomic mass is 79.9. The number of benzene rings is 12. The summed E-state index contributed by atoms with van der Waals surface area (Å²) < 4.78 is 23.3. The van der Waals surface area contributed by atoms with Crippen LogP contribution in [0, 0.1) is 0 Å². The number of aromatic nitrogens is 2. The molecule has 4 aromatic heterocycles. The van der Waals surface area contributed by atoms with E-state index in [0.29, 0.717) is 0 Å². The number of para-hydroxylation sites is 2. The molecule has 0 radical (unpaired) electrons. The predicted molar refractivity (Wildman–Crippen MR) is 368 cm³/mol. The molecule has 0 spiro atoms. The van der Waals surface area contributed by atoms with Gasteiger partial charge in [0.1, 0.15) is 0 Å². The van der Waals surface area contributed by atoms with E-state index >= 15 is 0 Å². The standard InChI is InChI=1S/C34H20ClNS.C22H13BrClN.C18H19BO2S/c35-29-20-23-8-4-5-11-25(23)34-33(29)28-19-21(14-16-30(28)36(34)24-9-2-1-3-10-24)22-15-17-32-27(18-22)26-12-6-7-13-31(26)37-32;23-15-10-11-20-18(13-15)21-19(24)12-14-6-4-5-9-17(14)22(21)25(20)16-7-2-1-3-8-16;1-17(2)18(3,4)21-19(20-17)12-9-10-16-14(11-12)13-7-5-6-8-15(13)22-16/h1-20H;1-13H;5-11H,1-4H3. The summed E-state index contributed by atoms with van der Waals surface area (Å²) in [6.07, 6.45) is 0. The third-order valence-corrected chi connectivity index (χ3v) is 20.4. The average molecular weight is 1230 g/mol. The summed E-state index contributed by atoms with van der Waals surface area (Å²) in [7, 11) is -0.298. The van der Waals surface area contributed by atoms with Gasteiger partial charge in [0.05, 0.1) is 43.3 Å². The van der Waals surface area contributed by atoms with Gasteiger partial charge in [0.15, 0.2) is 0 Å². The molecule has 0 amide bonds. The second-order valence-corrected chi connectivity index (χ2v) is 26.5. The maximum atomic E-state index is 7.03. The van der Waals surface area contributed by atoms with Crippen molar-refractivity contribution in [3.8, 4) is 22.5 Å². The summed E-state index contributed by atoms with van der Waals surface area (Å²) >= 11 is 21.1. The highest BCUT2D eigenvalue weighted by Crippen LogP contribution is 2.45. The van der Waals surface area contributed by atoms with E-state index < -0.39 is 0 Å². The van der Waals surface area contributed by atoms with Gasteiger partial charge in [-0.2, -0.15) is 0 Å². The lowest BCUT2D eigenvalue weighted by molar-refractivity contribution is 0.00578. The number of rotatable bonds is 4. The summed E-state index contributed by atoms with van der Waals surface area (Å²) in [5.41, 5.74) is 9.79. The molecule has 1 aliphatic heterocycles. The highest BCUT2D eigenvalue weighted by Gasteiger charge is 2.51. The van der Waals surface area contributed by atoms with Gasteiger partial charge in [-0.25, -0.2) is 0 Å². The second kappa shape index (κ2) is 20.8. The molecule has 5 heterocycles. The maximum Gasteiger partial charge on any atom is 0.494 e. The van der Waals surface area contributed by atoms with Gasteiger partial charge in [-0.15, -0.1) is 22.7 Å². The van der Waals surface area contributed by atoms with Crippen LogP contribution in [0.25, 0.3) is 128 Å². The Labute approximate surface area is 512 Å². The fraction of sp³-hybridized carbons (Fsp3) is 0.0811. The Morgan fingerprint density at radius 1 is 0.381 bits per heavy atom. The number of hydrogen-bond donors (Lipinski definition) is 0. The van der Waals surface area contributed by atoms with Gasteiger partial charge in [-0.05, 0) is 158 Å². The van der Waals surface area contributed by atoms with Crippen molar-refractivity contribution >= 4 is 180 Å². The van der Waals surface area contributed by atoms with E-state index in [0.717, 1.165) is 80.4 Å². The first-order valence-corrected chi connectivity index (χ1v) is 31.3. The first-order valence-electron chi connectivity index (χ1n) is 28.1. The van der Waals surface area contributed by atoms with Gasteiger partial charge >= 0.3 is 7.12 Å². The van der Waals surface area contributed by atoms with Crippen LogP contribution in [0.5, 0.6) is 0 Å². The predicted octanol–water partition coefficient (Wildman–Crippen LogP) is 22.3. The Hall–Kier alpha value is -7.76. The zero-order chi connectivity index (χ0) is 57.0. The van der Waals surface area contributed by atoms with E-state index in [2.05, 4.69) is 289 Å². The molecular formula is C74H52BBrCl2N2O2S2. The van der Waals surface area contributed by atoms with Crippen molar-refractivity contribution in [3.63, 3.8) is 0 Å². The van der Waals surface area contributed by atoms with Crippen molar-refractivity contribution in [3.05, 3.63) is 257 Å². The molecule has 0 saturated carbocycles. The smallest absolute Gasteiger partial charge is 0.399 e. The lowest BCUT2D eigenvalue weighted by atomic mass is 9.78. The topological polar surface area (TPSA) is 28.3 Å². The van der Waals surface area contributed by atoms with Crippen molar-refractivity contribution < 1.29 is 9.31 Å². The first kappa shape index (κ1) is 53.0. The third kappa shape index (κ3) is 8.93. The van der Waals surface area contributed by atoms with Crippen LogP contribution >= 0.6 is 61.8 Å². The molecule has 0 unspecified atom stereocenters. The van der Waals surface area contributed by atoms with Gasteiger partial charge < -0.3 is 18.4 Å². The van der Waals surface area contributed by atoms with E-state index in [4.69, 9.17) is 32.5 Å². The molecule has 10 heteroatoms. The quantitative estimate of drug-likeness (QED) is 0.164. The van der Waals surface area contributed by atoms with E-state index in [1.807, 2.05) is 28.7 Å². The molecule has 1 saturated heterocycles. The SMILES string of the molecule is CC1(C)OB(c2ccc3sc4ccccc4c3c2)OC1(C)C.Clc1cc2ccccc2c2c1c1cc(-c3ccc4sc5ccccc5c4c3)ccc1n2-c1ccccc1.Clc1cc2ccccc2c2c1c1cc(Br)ccc1n2-c1ccccc1. The fourth-order valence-electron chi connectivity index (χ4n) is 12.3. The van der Waals surface area contributed by atoms with Crippen LogP contribution in [0.4, 0.5) is 0 Å². The van der Waals surface area contributed by atoms with Crippen molar-refractivity contribution in [1.82, 2.24) is 9.13 Å². The van der Waals surface area contributed by atoms with E-state index in [-0.39, 0.29) is 18.3 Å². The molecule has 16 aromatic rings. The van der Waals surface area contributed by atoms with Crippen molar-refractivity contribution in [2.75, 3.05) is 0 Å². The zero-order valence-corrected chi connectivity index (χ0v) is 51.1. The summed E-state index contributed by atoms with van der Waals surface area (Å²) in [6, 6.07) is 85.9. The van der Waals surface area contributed by atoms with Crippen LogP contribution in [0.1, 0.15) is 27.7 Å². The molecule has 0 N–H and O–H groups in total. The minimum absolute atomic E-state index is 0.298. The van der Waals surface area contributed by atoms with Gasteiger partial charge in [0.2, 0.25) is 0 Å². The number of nitrogens with zero attached hydrogens (tertiary/aromatic N) is 2. The molecule has 0 bridgehead atoms. The molecular weight excluding hydrogens is 1170 g/mol. The minimum Gasteiger partial charge on any atom is -0.399 e. The number of halogens is 3. The highest BCUT2D eigenvalue weighted by molar-refractivity contribution is 9.10. The molecule has 0 aliphatic carbocycles. The van der Waals surface area contributed by atoms with Gasteiger partial charge in [-0.1, -0.05) is 185 Å². The van der Waals surface area contributed by atoms with Crippen molar-refractivity contribution in [1.29, 1.82) is 0 Å². The molecule has 17 rings (SSSR count). The van der Waals surface area contributed by atoms with Crippen molar-refractivity contribution in [2.45, 2.75) is 38.9 Å². The molecule has 1 aliphatic rings. The molecule has 0 atom stereocenters. The van der Waals surface area contributed by atoms with Crippen LogP contribution in [-0.2, 0) is 9.31 Å². The van der Waals surface area contributed by atoms with Crippen LogP contribution in [-0.4, -0.2) is 27.5 Å². The zero-order valence-electron chi connectivity index (χ0n) is 46.3. The van der Waals surface area contributed by atoms with Gasteiger partial charge in [0, 0.05) is 83.1 Å². The molecule has 12 aromatic carbocycles. The Kier molecular flexibility index (Phi) is 13.1. The van der Waals surface area contributed by atoms with Gasteiger partial charge in [-0.3, -0.25) is 0 Å². The van der Waals surface area contributed by atoms with E-state index in [1.54, 1.807) is 0 Å². The lowest BCUT2D eigenvalue weighted by Gasteiger charge is -2.32. The van der Waals surface area contributed by atoms with Gasteiger partial charge in [0.25, 0.3) is 0 Å². The Morgan fingerprint density at radius 2 is 0.786 bits per heavy atom. The summed E-state index contributed by atoms with van der Waals surface area (Å²) in [5.74, 6) is 0. The van der Waals surface area contributed by atoms with Crippen LogP contribution in [0.15, 0.2) is 247 Å². The summed E-state index contributed by atoms with van der Waals surface area (Å²) in [6.45, 7) is 8.36. The monoisotopic (exact) mass is 1220 g/mol. The Balaban J connectivity index is 0.000000112. The minimum atomic E-state index is -0.302. The van der Waals surface area contributed by atoms with Crippen molar-refractivity contribution in [2.24, 2.45) is 0 Å². The molecule has 4 nitrogen and oxygen atoms in total. The normalized spacial score (nSPS) is 14.0. The summed E-state index contributed by atoms with van der Waals surface area (Å²) in [4.78, 5) is 0. The number of fused-ring (bicyclic) bond motifs is 16. The number of thiophene rings is 2. The maximum absolute atomic E-state index is 7.03. The average Bonchev–Trinajstić information content (AvgIpc) is 2.91. The Morgan fingerprint density at radius 3 is 1.32 bits per heavy atom. The van der Waals surface area contributed by atoms with Crippen LogP contribution in [0.3, 0.4) is 0 Å². The summed E-state index contributed by atoms with van der Waals surface area (Å²) in [5, 5.41) is 16.0. The largest absolute Gasteiger partial charge is 0.494 e. The number of hydrogen-bond acceptors (Lipinski definition) is 4. The molecule has 406 valence electrons. The lowest BCUT2D eigenvalue weighted by Crippen LogP contribution is -2.41. The molecule has 1 fully saturated rings. The van der Waals surface area contributed by atoms with E-state index in [1.165, 1.54) is 67.6 Å². The van der Waals surface area contributed by atoms with E-state index in [9.17, 15) is 0 Å². The second-order valence-electron chi connectivity index (χ2n) is 22.6. The fourth-order valence-corrected chi connectivity index (χ4v) is 15.4. The third-order valence-electron chi connectivity index (χ3n) is 17.0.